The summed E-state index contributed by atoms with van der Waals surface area (Å²) in [6.07, 6.45) is 4.92. The van der Waals surface area contributed by atoms with Crippen LogP contribution in [0.5, 0.6) is 0 Å². The monoisotopic (exact) mass is 637 g/mol. The molecule has 1 aliphatic rings. The lowest BCUT2D eigenvalue weighted by molar-refractivity contribution is -0.157. The molecule has 1 saturated heterocycles. The molecule has 240 valence electrons. The zero-order valence-electron chi connectivity index (χ0n) is 26.9. The summed E-state index contributed by atoms with van der Waals surface area (Å²) < 4.78 is 57.8. The van der Waals surface area contributed by atoms with Gasteiger partial charge in [-0.3, -0.25) is 4.79 Å². The molecule has 0 spiro atoms. The van der Waals surface area contributed by atoms with Crippen LogP contribution in [-0.4, -0.2) is 62.6 Å². The van der Waals surface area contributed by atoms with E-state index in [2.05, 4.69) is 9.97 Å². The lowest BCUT2D eigenvalue weighted by Gasteiger charge is -2.33. The summed E-state index contributed by atoms with van der Waals surface area (Å²) >= 11 is 0. The van der Waals surface area contributed by atoms with Crippen molar-refractivity contribution in [2.45, 2.75) is 77.5 Å². The SMILES string of the molecule is CC(C)c1nc(N(C)S(C)(=O)=O)nc(-c2ccc(F)cc2)c1/C=C/[C@@H]1C[C@H](CC(=O)OC(C)(C)C)OB(Cc2ccccc2)O1. The van der Waals surface area contributed by atoms with E-state index in [0.29, 0.717) is 35.3 Å². The second-order valence-corrected chi connectivity index (χ2v) is 14.5. The number of rotatable bonds is 10. The van der Waals surface area contributed by atoms with Crippen molar-refractivity contribution in [2.75, 3.05) is 17.6 Å². The molecule has 9 nitrogen and oxygen atoms in total. The van der Waals surface area contributed by atoms with Gasteiger partial charge < -0.3 is 14.0 Å². The number of hydrogen-bond acceptors (Lipinski definition) is 8. The molecule has 0 saturated carbocycles. The predicted octanol–water partition coefficient (Wildman–Crippen LogP) is 5.99. The molecule has 0 amide bonds. The molecule has 0 unspecified atom stereocenters. The first-order valence-corrected chi connectivity index (χ1v) is 16.8. The number of nitrogens with zero attached hydrogens (tertiary/aromatic N) is 3. The number of carbonyl (C=O) groups is 1. The average Bonchev–Trinajstić information content (AvgIpc) is 2.94. The maximum absolute atomic E-state index is 13.9. The lowest BCUT2D eigenvalue weighted by Crippen LogP contribution is -2.43. The highest BCUT2D eigenvalue weighted by Gasteiger charge is 2.35. The van der Waals surface area contributed by atoms with E-state index in [1.54, 1.807) is 12.1 Å². The van der Waals surface area contributed by atoms with Crippen LogP contribution in [0.25, 0.3) is 17.3 Å². The number of aromatic nitrogens is 2. The fourth-order valence-corrected chi connectivity index (χ4v) is 5.32. The van der Waals surface area contributed by atoms with E-state index >= 15 is 0 Å². The second kappa shape index (κ2) is 14.2. The van der Waals surface area contributed by atoms with Crippen LogP contribution in [0.2, 0.25) is 0 Å². The van der Waals surface area contributed by atoms with Crippen LogP contribution >= 0.6 is 0 Å². The Hall–Kier alpha value is -3.61. The smallest absolute Gasteiger partial charge is 0.460 e. The first-order valence-electron chi connectivity index (χ1n) is 15.0. The van der Waals surface area contributed by atoms with Crippen molar-refractivity contribution < 1.29 is 31.6 Å². The first-order chi connectivity index (χ1) is 21.1. The third-order valence-electron chi connectivity index (χ3n) is 7.11. The highest BCUT2D eigenvalue weighted by atomic mass is 32.2. The summed E-state index contributed by atoms with van der Waals surface area (Å²) in [5.74, 6) is -0.853. The van der Waals surface area contributed by atoms with Crippen LogP contribution in [0.4, 0.5) is 10.3 Å². The van der Waals surface area contributed by atoms with E-state index in [-0.39, 0.29) is 24.3 Å². The number of halogens is 1. The van der Waals surface area contributed by atoms with Crippen molar-refractivity contribution in [3.8, 4) is 11.3 Å². The van der Waals surface area contributed by atoms with Gasteiger partial charge in [-0.2, -0.15) is 0 Å². The minimum Gasteiger partial charge on any atom is -0.460 e. The highest BCUT2D eigenvalue weighted by Crippen LogP contribution is 2.32. The number of benzene rings is 2. The number of hydrogen-bond donors (Lipinski definition) is 0. The van der Waals surface area contributed by atoms with Crippen molar-refractivity contribution in [1.29, 1.82) is 0 Å². The molecule has 0 N–H and O–H groups in total. The molecule has 2 heterocycles. The Kier molecular flexibility index (Phi) is 10.8. The Labute approximate surface area is 266 Å². The third-order valence-corrected chi connectivity index (χ3v) is 8.27. The van der Waals surface area contributed by atoms with Gasteiger partial charge in [0.05, 0.1) is 36.3 Å². The predicted molar refractivity (Wildman–Crippen MR) is 175 cm³/mol. The number of anilines is 1. The summed E-state index contributed by atoms with van der Waals surface area (Å²) in [6.45, 7) is 9.38. The van der Waals surface area contributed by atoms with E-state index < -0.39 is 40.8 Å². The van der Waals surface area contributed by atoms with Gasteiger partial charge in [0.1, 0.15) is 11.4 Å². The minimum atomic E-state index is -3.65. The molecule has 1 aromatic heterocycles. The van der Waals surface area contributed by atoms with Crippen LogP contribution in [0.1, 0.15) is 70.2 Å². The van der Waals surface area contributed by atoms with E-state index in [1.807, 2.05) is 77.1 Å². The van der Waals surface area contributed by atoms with Gasteiger partial charge in [0.15, 0.2) is 0 Å². The Morgan fingerprint density at radius 1 is 1.11 bits per heavy atom. The van der Waals surface area contributed by atoms with E-state index in [9.17, 15) is 17.6 Å². The molecular formula is C33H41BFN3O6S. The van der Waals surface area contributed by atoms with Crippen molar-refractivity contribution in [2.24, 2.45) is 0 Å². The summed E-state index contributed by atoms with van der Waals surface area (Å²) in [6, 6.07) is 15.7. The van der Waals surface area contributed by atoms with Gasteiger partial charge in [-0.25, -0.2) is 27.1 Å². The van der Waals surface area contributed by atoms with Gasteiger partial charge in [-0.1, -0.05) is 61.9 Å². The van der Waals surface area contributed by atoms with Crippen molar-refractivity contribution >= 4 is 35.1 Å². The van der Waals surface area contributed by atoms with E-state index in [0.717, 1.165) is 16.1 Å². The number of ether oxygens (including phenoxy) is 1. The molecule has 3 aromatic rings. The fraction of sp³-hybridized carbons (Fsp3) is 0.424. The van der Waals surface area contributed by atoms with Crippen molar-refractivity contribution in [3.05, 3.63) is 83.3 Å². The van der Waals surface area contributed by atoms with Crippen LogP contribution < -0.4 is 4.31 Å². The van der Waals surface area contributed by atoms with Gasteiger partial charge in [0, 0.05) is 30.9 Å². The van der Waals surface area contributed by atoms with Gasteiger partial charge in [0.25, 0.3) is 0 Å². The summed E-state index contributed by atoms with van der Waals surface area (Å²) in [4.78, 5) is 22.0. The maximum atomic E-state index is 13.9. The van der Waals surface area contributed by atoms with E-state index in [4.69, 9.17) is 14.0 Å². The Morgan fingerprint density at radius 3 is 2.38 bits per heavy atom. The molecule has 1 aliphatic heterocycles. The Balaban J connectivity index is 1.73. The molecule has 0 aliphatic carbocycles. The van der Waals surface area contributed by atoms with Crippen LogP contribution in [0, 0.1) is 5.82 Å². The largest absolute Gasteiger partial charge is 0.462 e. The lowest BCUT2D eigenvalue weighted by atomic mass is 9.77. The molecule has 4 rings (SSSR count). The molecule has 45 heavy (non-hydrogen) atoms. The quantitative estimate of drug-likeness (QED) is 0.197. The Bertz CT molecular complexity index is 1610. The highest BCUT2D eigenvalue weighted by molar-refractivity contribution is 7.92. The van der Waals surface area contributed by atoms with Gasteiger partial charge in [-0.15, -0.1) is 0 Å². The topological polar surface area (TPSA) is 108 Å². The van der Waals surface area contributed by atoms with E-state index in [1.165, 1.54) is 19.2 Å². The zero-order chi connectivity index (χ0) is 32.9. The minimum absolute atomic E-state index is 0.0142. The van der Waals surface area contributed by atoms with Crippen LogP contribution in [-0.2, 0) is 35.2 Å². The Morgan fingerprint density at radius 2 is 1.78 bits per heavy atom. The molecular weight excluding hydrogens is 596 g/mol. The normalized spacial score (nSPS) is 17.6. The molecule has 0 bridgehead atoms. The maximum Gasteiger partial charge on any atom is 0.462 e. The standard InChI is InChI=1S/C33H41BFN3O6S/c1-22(2)30-28(31(24-13-15-25(35)16-14-24)37-32(36-30)38(6)45(7,40)41)18-17-26-19-27(20-29(39)42-33(3,4)5)44-34(43-26)21-23-11-9-8-10-12-23/h8-18,22,26-27H,19-21H2,1-7H3/b18-17+/t26-,27-/m1/s1. The molecule has 1 fully saturated rings. The van der Waals surface area contributed by atoms with Crippen LogP contribution in [0.15, 0.2) is 60.7 Å². The van der Waals surface area contributed by atoms with Gasteiger partial charge in [-0.05, 0) is 51.0 Å². The fourth-order valence-electron chi connectivity index (χ4n) is 4.94. The average molecular weight is 638 g/mol. The molecule has 12 heteroatoms. The number of esters is 1. The van der Waals surface area contributed by atoms with Crippen molar-refractivity contribution in [1.82, 2.24) is 9.97 Å². The summed E-state index contributed by atoms with van der Waals surface area (Å²) in [7, 11) is -2.86. The molecule has 2 aromatic carbocycles. The number of carbonyl (C=O) groups excluding carboxylic acids is 1. The first kappa shape index (κ1) is 34.3. The second-order valence-electron chi connectivity index (χ2n) is 12.5. The zero-order valence-corrected chi connectivity index (χ0v) is 27.7. The number of sulfonamides is 1. The van der Waals surface area contributed by atoms with Crippen LogP contribution in [0.3, 0.4) is 0 Å². The molecule has 0 radical (unpaired) electrons. The summed E-state index contributed by atoms with van der Waals surface area (Å²) in [5.41, 5.74) is 2.73. The summed E-state index contributed by atoms with van der Waals surface area (Å²) in [5, 5.41) is 0. The molecule has 2 atom stereocenters. The van der Waals surface area contributed by atoms with Crippen molar-refractivity contribution in [3.63, 3.8) is 0 Å². The van der Waals surface area contributed by atoms with Gasteiger partial charge in [0.2, 0.25) is 16.0 Å². The van der Waals surface area contributed by atoms with Gasteiger partial charge >= 0.3 is 13.1 Å². The third kappa shape index (κ3) is 9.69.